The fourth-order valence-corrected chi connectivity index (χ4v) is 2.25. The topological polar surface area (TPSA) is 105 Å². The van der Waals surface area contributed by atoms with Gasteiger partial charge in [0.25, 0.3) is 0 Å². The van der Waals surface area contributed by atoms with Gasteiger partial charge in [-0.2, -0.15) is 15.3 Å². The lowest BCUT2D eigenvalue weighted by atomic mass is 10.2. The number of rotatable bonds is 6. The molecule has 0 spiro atoms. The number of benzene rings is 2. The molecule has 8 nitrogen and oxygen atoms in total. The van der Waals surface area contributed by atoms with Gasteiger partial charge in [0.2, 0.25) is 5.95 Å². The van der Waals surface area contributed by atoms with E-state index in [9.17, 15) is 0 Å². The van der Waals surface area contributed by atoms with E-state index < -0.39 is 0 Å². The Balaban J connectivity index is 1.80. The van der Waals surface area contributed by atoms with Crippen molar-refractivity contribution in [3.8, 4) is 17.6 Å². The zero-order valence-corrected chi connectivity index (χ0v) is 14.2. The molecule has 0 atom stereocenters. The van der Waals surface area contributed by atoms with Crippen LogP contribution in [0.1, 0.15) is 5.56 Å². The van der Waals surface area contributed by atoms with Crippen molar-refractivity contribution in [3.63, 3.8) is 0 Å². The van der Waals surface area contributed by atoms with E-state index in [1.165, 1.54) is 6.20 Å². The van der Waals surface area contributed by atoms with Crippen LogP contribution in [0.15, 0.2) is 48.7 Å². The van der Waals surface area contributed by atoms with Gasteiger partial charge in [0.1, 0.15) is 11.5 Å². The quantitative estimate of drug-likeness (QED) is 0.699. The van der Waals surface area contributed by atoms with E-state index in [0.717, 1.165) is 0 Å². The van der Waals surface area contributed by atoms with Crippen LogP contribution < -0.4 is 20.1 Å². The first-order valence-electron chi connectivity index (χ1n) is 7.68. The third kappa shape index (κ3) is 3.96. The van der Waals surface area contributed by atoms with E-state index in [-0.39, 0.29) is 0 Å². The van der Waals surface area contributed by atoms with Crippen LogP contribution >= 0.6 is 0 Å². The van der Waals surface area contributed by atoms with E-state index in [0.29, 0.717) is 40.2 Å². The number of nitrogens with zero attached hydrogens (tertiary/aromatic N) is 4. The van der Waals surface area contributed by atoms with Crippen molar-refractivity contribution in [2.45, 2.75) is 0 Å². The largest absolute Gasteiger partial charge is 0.497 e. The lowest BCUT2D eigenvalue weighted by Crippen LogP contribution is -2.03. The van der Waals surface area contributed by atoms with Crippen molar-refractivity contribution < 1.29 is 9.47 Å². The fraction of sp³-hybridized carbons (Fsp3) is 0.111. The minimum Gasteiger partial charge on any atom is -0.497 e. The minimum atomic E-state index is 0.303. The summed E-state index contributed by atoms with van der Waals surface area (Å²) < 4.78 is 10.5. The van der Waals surface area contributed by atoms with Gasteiger partial charge in [-0.3, -0.25) is 0 Å². The van der Waals surface area contributed by atoms with Crippen LogP contribution in [0, 0.1) is 11.3 Å². The van der Waals surface area contributed by atoms with Crippen LogP contribution in [-0.4, -0.2) is 29.4 Å². The van der Waals surface area contributed by atoms with Gasteiger partial charge in [-0.25, -0.2) is 0 Å². The Bertz CT molecular complexity index is 954. The highest BCUT2D eigenvalue weighted by molar-refractivity contribution is 5.66. The second-order valence-electron chi connectivity index (χ2n) is 5.17. The number of ether oxygens (including phenoxy) is 2. The van der Waals surface area contributed by atoms with Crippen LogP contribution in [0.4, 0.5) is 23.1 Å². The Labute approximate surface area is 150 Å². The molecule has 2 aromatic carbocycles. The summed E-state index contributed by atoms with van der Waals surface area (Å²) in [5.41, 5.74) is 1.96. The van der Waals surface area contributed by atoms with Crippen molar-refractivity contribution in [3.05, 3.63) is 54.2 Å². The maximum atomic E-state index is 8.97. The van der Waals surface area contributed by atoms with Gasteiger partial charge in [-0.1, -0.05) is 6.07 Å². The number of hydrogen-bond acceptors (Lipinski definition) is 8. The maximum absolute atomic E-state index is 8.97. The van der Waals surface area contributed by atoms with Gasteiger partial charge in [-0.05, 0) is 30.3 Å². The Morgan fingerprint density at radius 3 is 2.69 bits per heavy atom. The van der Waals surface area contributed by atoms with Crippen LogP contribution in [0.5, 0.6) is 11.5 Å². The van der Waals surface area contributed by atoms with Crippen LogP contribution in [0.3, 0.4) is 0 Å². The average Bonchev–Trinajstić information content (AvgIpc) is 2.68. The predicted molar refractivity (Wildman–Crippen MR) is 97.1 cm³/mol. The Morgan fingerprint density at radius 2 is 1.92 bits per heavy atom. The van der Waals surface area contributed by atoms with E-state index in [4.69, 9.17) is 14.7 Å². The molecule has 1 aromatic heterocycles. The second-order valence-corrected chi connectivity index (χ2v) is 5.17. The van der Waals surface area contributed by atoms with Crippen LogP contribution in [-0.2, 0) is 0 Å². The molecular weight excluding hydrogens is 332 g/mol. The van der Waals surface area contributed by atoms with Crippen molar-refractivity contribution in [2.75, 3.05) is 24.9 Å². The van der Waals surface area contributed by atoms with E-state index in [1.807, 2.05) is 18.2 Å². The molecule has 3 aromatic rings. The fourth-order valence-electron chi connectivity index (χ4n) is 2.25. The molecule has 8 heteroatoms. The van der Waals surface area contributed by atoms with Crippen LogP contribution in [0.25, 0.3) is 0 Å². The van der Waals surface area contributed by atoms with Gasteiger partial charge < -0.3 is 20.1 Å². The molecule has 130 valence electrons. The van der Waals surface area contributed by atoms with E-state index in [2.05, 4.69) is 31.9 Å². The van der Waals surface area contributed by atoms with Gasteiger partial charge in [0.05, 0.1) is 37.7 Å². The molecule has 0 saturated carbocycles. The monoisotopic (exact) mass is 348 g/mol. The molecule has 0 amide bonds. The average molecular weight is 348 g/mol. The lowest BCUT2D eigenvalue weighted by molar-refractivity contribution is 0.395. The zero-order chi connectivity index (χ0) is 18.4. The van der Waals surface area contributed by atoms with Crippen molar-refractivity contribution in [1.82, 2.24) is 15.2 Å². The van der Waals surface area contributed by atoms with Gasteiger partial charge >= 0.3 is 0 Å². The standard InChI is InChI=1S/C18H16N6O2/c1-25-14-6-7-15(16(9-14)26-2)22-17-11-20-24-18(23-17)21-13-5-3-4-12(8-13)10-19/h3-9,11H,1-2H3,(H2,21,22,23,24). The maximum Gasteiger partial charge on any atom is 0.249 e. The molecule has 1 heterocycles. The van der Waals surface area contributed by atoms with Crippen LogP contribution in [0.2, 0.25) is 0 Å². The van der Waals surface area contributed by atoms with Gasteiger partial charge in [0, 0.05) is 11.8 Å². The second kappa shape index (κ2) is 7.81. The molecule has 0 radical (unpaired) electrons. The highest BCUT2D eigenvalue weighted by Crippen LogP contribution is 2.31. The molecule has 0 aliphatic carbocycles. The van der Waals surface area contributed by atoms with Crippen molar-refractivity contribution >= 4 is 23.1 Å². The van der Waals surface area contributed by atoms with Crippen molar-refractivity contribution in [1.29, 1.82) is 5.26 Å². The molecule has 0 saturated heterocycles. The number of hydrogen-bond donors (Lipinski definition) is 2. The first-order valence-corrected chi connectivity index (χ1v) is 7.68. The highest BCUT2D eigenvalue weighted by atomic mass is 16.5. The normalized spacial score (nSPS) is 9.88. The number of nitriles is 1. The van der Waals surface area contributed by atoms with E-state index in [1.54, 1.807) is 38.5 Å². The molecule has 0 unspecified atom stereocenters. The molecule has 3 rings (SSSR count). The third-order valence-corrected chi connectivity index (χ3v) is 3.48. The summed E-state index contributed by atoms with van der Waals surface area (Å²) in [5.74, 6) is 2.09. The summed E-state index contributed by atoms with van der Waals surface area (Å²) in [6.07, 6.45) is 1.50. The van der Waals surface area contributed by atoms with Crippen molar-refractivity contribution in [2.24, 2.45) is 0 Å². The number of anilines is 4. The molecule has 0 fully saturated rings. The SMILES string of the molecule is COc1ccc(Nc2cnnc(Nc3cccc(C#N)c3)n2)c(OC)c1. The summed E-state index contributed by atoms with van der Waals surface area (Å²) in [7, 11) is 3.17. The minimum absolute atomic E-state index is 0.303. The lowest BCUT2D eigenvalue weighted by Gasteiger charge is -2.12. The molecule has 26 heavy (non-hydrogen) atoms. The Morgan fingerprint density at radius 1 is 1.04 bits per heavy atom. The number of methoxy groups -OCH3 is 2. The molecule has 0 bridgehead atoms. The highest BCUT2D eigenvalue weighted by Gasteiger charge is 2.08. The predicted octanol–water partition coefficient (Wildman–Crippen LogP) is 3.25. The van der Waals surface area contributed by atoms with Gasteiger partial charge in [0.15, 0.2) is 5.82 Å². The number of aromatic nitrogens is 3. The zero-order valence-electron chi connectivity index (χ0n) is 14.2. The number of nitrogens with one attached hydrogen (secondary N) is 2. The van der Waals surface area contributed by atoms with Gasteiger partial charge in [-0.15, -0.1) is 5.10 Å². The summed E-state index contributed by atoms with van der Waals surface area (Å²) in [4.78, 5) is 4.37. The summed E-state index contributed by atoms with van der Waals surface area (Å²) in [5, 5.41) is 23.0. The summed E-state index contributed by atoms with van der Waals surface area (Å²) >= 11 is 0. The summed E-state index contributed by atoms with van der Waals surface area (Å²) in [6, 6.07) is 14.5. The molecular formula is C18H16N6O2. The first-order chi connectivity index (χ1) is 12.7. The summed E-state index contributed by atoms with van der Waals surface area (Å²) in [6.45, 7) is 0. The first kappa shape index (κ1) is 17.0. The molecule has 0 aliphatic rings. The third-order valence-electron chi connectivity index (χ3n) is 3.48. The smallest absolute Gasteiger partial charge is 0.249 e. The Hall–Kier alpha value is -3.86. The molecule has 2 N–H and O–H groups in total. The molecule has 0 aliphatic heterocycles. The van der Waals surface area contributed by atoms with E-state index >= 15 is 0 Å². The Kier molecular flexibility index (Phi) is 5.10.